The summed E-state index contributed by atoms with van der Waals surface area (Å²) in [7, 11) is -2.79. The third-order valence-corrected chi connectivity index (χ3v) is 17.0. The van der Waals surface area contributed by atoms with Gasteiger partial charge in [0.1, 0.15) is 0 Å². The van der Waals surface area contributed by atoms with Gasteiger partial charge in [0.05, 0.1) is 11.0 Å². The molecule has 0 bridgehead atoms. The second-order valence-electron chi connectivity index (χ2n) is 16.8. The molecule has 2 heterocycles. The molecule has 0 N–H and O–H groups in total. The van der Waals surface area contributed by atoms with Crippen LogP contribution >= 0.6 is 0 Å². The Hall–Kier alpha value is -6.43. The molecule has 0 fully saturated rings. The standard InChI is InChI=1S/C52H44N4Si/c1-51(2)35-52(3,4)45-34-47-43(33-44(45)51)42-30-17-18-31-46(42)56(47)50-54-48(36-20-9-5-10-21-36)53-49(55-50)37-22-19-29-41(32-37)57(38-23-11-6-12-24-38,39-25-13-7-14-26-39)40-27-15-8-16-28-40/h5-34H,35H2,1-4H3. The number of hydrogen-bond donors (Lipinski definition) is 0. The number of fused-ring (bicyclic) bond motifs is 4. The Balaban J connectivity index is 1.25. The van der Waals surface area contributed by atoms with Crippen molar-refractivity contribution in [2.24, 2.45) is 0 Å². The van der Waals surface area contributed by atoms with Crippen LogP contribution in [0.4, 0.5) is 0 Å². The van der Waals surface area contributed by atoms with Gasteiger partial charge in [-0.25, -0.2) is 4.98 Å². The highest BCUT2D eigenvalue weighted by atomic mass is 28.3. The Morgan fingerprint density at radius 1 is 0.421 bits per heavy atom. The second-order valence-corrected chi connectivity index (χ2v) is 20.6. The molecule has 5 heteroatoms. The molecule has 57 heavy (non-hydrogen) atoms. The third-order valence-electron chi connectivity index (χ3n) is 12.2. The Labute approximate surface area is 335 Å². The van der Waals surface area contributed by atoms with E-state index >= 15 is 0 Å². The lowest BCUT2D eigenvalue weighted by molar-refractivity contribution is 0.403. The lowest BCUT2D eigenvalue weighted by Gasteiger charge is -2.34. The van der Waals surface area contributed by atoms with Crippen LogP contribution in [0, 0.1) is 0 Å². The number of para-hydroxylation sites is 1. The van der Waals surface area contributed by atoms with E-state index in [1.807, 2.05) is 18.2 Å². The van der Waals surface area contributed by atoms with Crippen molar-refractivity contribution >= 4 is 50.6 Å². The first-order valence-corrected chi connectivity index (χ1v) is 21.9. The molecule has 0 aliphatic heterocycles. The van der Waals surface area contributed by atoms with Gasteiger partial charge in [-0.15, -0.1) is 0 Å². The molecular formula is C52H44N4Si. The highest BCUT2D eigenvalue weighted by Gasteiger charge is 2.43. The van der Waals surface area contributed by atoms with Crippen molar-refractivity contribution in [1.82, 2.24) is 19.5 Å². The summed E-state index contributed by atoms with van der Waals surface area (Å²) >= 11 is 0. The Bertz CT molecular complexity index is 2820. The maximum atomic E-state index is 5.43. The third kappa shape index (κ3) is 5.68. The lowest BCUT2D eigenvalue weighted by atomic mass is 9.82. The monoisotopic (exact) mass is 752 g/mol. The van der Waals surface area contributed by atoms with Gasteiger partial charge in [0.25, 0.3) is 0 Å². The molecule has 1 aliphatic carbocycles. The molecule has 276 valence electrons. The summed E-state index contributed by atoms with van der Waals surface area (Å²) in [6.07, 6.45) is 1.10. The van der Waals surface area contributed by atoms with Gasteiger partial charge in [0.2, 0.25) is 5.95 Å². The number of hydrogen-bond acceptors (Lipinski definition) is 3. The van der Waals surface area contributed by atoms with E-state index in [4.69, 9.17) is 15.0 Å². The van der Waals surface area contributed by atoms with Crippen molar-refractivity contribution in [1.29, 1.82) is 0 Å². The van der Waals surface area contributed by atoms with Crippen molar-refractivity contribution < 1.29 is 0 Å². The van der Waals surface area contributed by atoms with Gasteiger partial charge < -0.3 is 0 Å². The van der Waals surface area contributed by atoms with E-state index in [1.54, 1.807) is 0 Å². The SMILES string of the molecule is CC1(C)CC(C)(C)c2cc3c(cc21)c1ccccc1n3-c1nc(-c2ccccc2)nc(-c2cccc([Si](c3ccccc3)(c3ccccc3)c3ccccc3)c2)n1. The molecule has 0 atom stereocenters. The zero-order valence-corrected chi connectivity index (χ0v) is 33.8. The molecule has 2 aromatic heterocycles. The first kappa shape index (κ1) is 35.0. The fourth-order valence-electron chi connectivity index (χ4n) is 9.91. The van der Waals surface area contributed by atoms with Crippen molar-refractivity contribution in [3.63, 3.8) is 0 Å². The zero-order chi connectivity index (χ0) is 38.8. The molecule has 0 saturated carbocycles. The van der Waals surface area contributed by atoms with Gasteiger partial charge >= 0.3 is 0 Å². The van der Waals surface area contributed by atoms with Crippen molar-refractivity contribution in [3.8, 4) is 28.7 Å². The Morgan fingerprint density at radius 3 is 1.49 bits per heavy atom. The molecule has 4 nitrogen and oxygen atoms in total. The van der Waals surface area contributed by atoms with E-state index in [0.717, 1.165) is 28.6 Å². The molecule has 9 aromatic rings. The molecule has 0 amide bonds. The van der Waals surface area contributed by atoms with Gasteiger partial charge in [-0.3, -0.25) is 4.57 Å². The first-order chi connectivity index (χ1) is 27.7. The molecule has 7 aromatic carbocycles. The average Bonchev–Trinajstić information content (AvgIpc) is 3.67. The smallest absolute Gasteiger partial charge is 0.238 e. The van der Waals surface area contributed by atoms with Crippen LogP contribution in [-0.4, -0.2) is 27.6 Å². The Kier molecular flexibility index (Phi) is 8.20. The van der Waals surface area contributed by atoms with Crippen LogP contribution in [0.15, 0.2) is 182 Å². The highest BCUT2D eigenvalue weighted by molar-refractivity contribution is 7.19. The fourth-order valence-corrected chi connectivity index (χ4v) is 14.7. The summed E-state index contributed by atoms with van der Waals surface area (Å²) in [5.74, 6) is 1.90. The fraction of sp³-hybridized carbons (Fsp3) is 0.135. The maximum absolute atomic E-state index is 5.43. The van der Waals surface area contributed by atoms with Crippen LogP contribution in [0.5, 0.6) is 0 Å². The molecule has 0 spiro atoms. The normalized spacial score (nSPS) is 14.5. The number of aromatic nitrogens is 4. The van der Waals surface area contributed by atoms with Crippen molar-refractivity contribution in [3.05, 3.63) is 193 Å². The highest BCUT2D eigenvalue weighted by Crippen LogP contribution is 2.51. The van der Waals surface area contributed by atoms with E-state index in [9.17, 15) is 0 Å². The second kappa shape index (κ2) is 13.4. The van der Waals surface area contributed by atoms with Crippen molar-refractivity contribution in [2.75, 3.05) is 0 Å². The van der Waals surface area contributed by atoms with Crippen LogP contribution in [0.3, 0.4) is 0 Å². The minimum Gasteiger partial charge on any atom is -0.278 e. The van der Waals surface area contributed by atoms with Gasteiger partial charge in [-0.05, 0) is 67.3 Å². The van der Waals surface area contributed by atoms with Gasteiger partial charge in [-0.2, -0.15) is 9.97 Å². The van der Waals surface area contributed by atoms with Crippen LogP contribution in [0.1, 0.15) is 45.2 Å². The molecule has 0 unspecified atom stereocenters. The van der Waals surface area contributed by atoms with E-state index in [0.29, 0.717) is 17.6 Å². The molecular weight excluding hydrogens is 709 g/mol. The lowest BCUT2D eigenvalue weighted by Crippen LogP contribution is -2.74. The first-order valence-electron chi connectivity index (χ1n) is 19.9. The quantitative estimate of drug-likeness (QED) is 0.120. The van der Waals surface area contributed by atoms with E-state index in [2.05, 4.69) is 196 Å². The van der Waals surface area contributed by atoms with E-state index in [-0.39, 0.29) is 10.8 Å². The van der Waals surface area contributed by atoms with E-state index in [1.165, 1.54) is 42.6 Å². The molecule has 1 aliphatic rings. The van der Waals surface area contributed by atoms with Crippen LogP contribution in [-0.2, 0) is 10.8 Å². The predicted octanol–water partition coefficient (Wildman–Crippen LogP) is 9.64. The maximum Gasteiger partial charge on any atom is 0.238 e. The van der Waals surface area contributed by atoms with Gasteiger partial charge in [0.15, 0.2) is 19.7 Å². The molecule has 0 saturated heterocycles. The number of rotatable bonds is 7. The minimum atomic E-state index is -2.79. The number of benzene rings is 7. The zero-order valence-electron chi connectivity index (χ0n) is 32.8. The Morgan fingerprint density at radius 2 is 0.895 bits per heavy atom. The summed E-state index contributed by atoms with van der Waals surface area (Å²) in [5.41, 5.74) is 7.07. The van der Waals surface area contributed by atoms with Gasteiger partial charge in [-0.1, -0.05) is 191 Å². The average molecular weight is 753 g/mol. The molecule has 0 radical (unpaired) electrons. The van der Waals surface area contributed by atoms with E-state index < -0.39 is 8.07 Å². The minimum absolute atomic E-state index is 0.0425. The van der Waals surface area contributed by atoms with Crippen molar-refractivity contribution in [2.45, 2.75) is 44.9 Å². The van der Waals surface area contributed by atoms with Crippen LogP contribution in [0.2, 0.25) is 0 Å². The van der Waals surface area contributed by atoms with Crippen LogP contribution in [0.25, 0.3) is 50.5 Å². The summed E-state index contributed by atoms with van der Waals surface area (Å²) in [6, 6.07) is 66.0. The summed E-state index contributed by atoms with van der Waals surface area (Å²) in [4.78, 5) is 16.0. The van der Waals surface area contributed by atoms with Crippen LogP contribution < -0.4 is 20.7 Å². The van der Waals surface area contributed by atoms with Gasteiger partial charge in [0, 0.05) is 21.9 Å². The summed E-state index contributed by atoms with van der Waals surface area (Å²) in [6.45, 7) is 9.53. The predicted molar refractivity (Wildman–Crippen MR) is 239 cm³/mol. The number of nitrogens with zero attached hydrogens (tertiary/aromatic N) is 4. The summed E-state index contributed by atoms with van der Waals surface area (Å²) in [5, 5.41) is 7.67. The topological polar surface area (TPSA) is 43.6 Å². The largest absolute Gasteiger partial charge is 0.278 e. The molecule has 10 rings (SSSR count). The summed E-state index contributed by atoms with van der Waals surface area (Å²) < 4.78 is 2.27.